The predicted octanol–water partition coefficient (Wildman–Crippen LogP) is 0.713. The molecule has 0 aromatic heterocycles. The second-order valence-corrected chi connectivity index (χ2v) is 0.946. The molecule has 2 nitrogen and oxygen atoms in total. The number of nitrogens with zero attached hydrogens (tertiary/aromatic N) is 1. The first-order chi connectivity index (χ1) is 3.41. The van der Waals surface area contributed by atoms with Crippen molar-refractivity contribution in [1.82, 2.24) is 0 Å². The lowest BCUT2D eigenvalue weighted by Gasteiger charge is -1.31. The smallest absolute Gasteiger partial charge is 0.0905 e. The zero-order valence-corrected chi connectivity index (χ0v) is 4.05. The summed E-state index contributed by atoms with van der Waals surface area (Å²) < 4.78 is 4.50. The van der Waals surface area contributed by atoms with Crippen LogP contribution in [0, 0.1) is 11.3 Å². The third-order valence-corrected chi connectivity index (χ3v) is 0.295. The zero-order chi connectivity index (χ0) is 5.54. The van der Waals surface area contributed by atoms with Crippen molar-refractivity contribution in [3.05, 3.63) is 12.7 Å². The van der Waals surface area contributed by atoms with Crippen LogP contribution < -0.4 is 0 Å². The molecule has 1 aliphatic rings. The summed E-state index contributed by atoms with van der Waals surface area (Å²) in [6, 6.07) is 1.69. The van der Waals surface area contributed by atoms with E-state index >= 15 is 0 Å². The number of hydrogen-bond acceptors (Lipinski definition) is 2. The van der Waals surface area contributed by atoms with Crippen LogP contribution in [0.25, 0.3) is 0 Å². The maximum Gasteiger partial charge on any atom is 0.0905 e. The highest BCUT2D eigenvalue weighted by atomic mass is 16.6. The second-order valence-electron chi connectivity index (χ2n) is 0.946. The first-order valence-corrected chi connectivity index (χ1v) is 2.00. The van der Waals surface area contributed by atoms with Gasteiger partial charge in [-0.05, 0) is 0 Å². The molecule has 0 unspecified atom stereocenters. The van der Waals surface area contributed by atoms with Gasteiger partial charge < -0.3 is 4.74 Å². The van der Waals surface area contributed by atoms with Gasteiger partial charge in [0.25, 0.3) is 0 Å². The summed E-state index contributed by atoms with van der Waals surface area (Å²) in [6.07, 6.45) is 1.18. The molecule has 1 saturated heterocycles. The molecule has 0 radical (unpaired) electrons. The molecule has 0 atom stereocenters. The largest absolute Gasteiger partial charge is 0.377 e. The van der Waals surface area contributed by atoms with E-state index in [4.69, 9.17) is 5.26 Å². The third-order valence-electron chi connectivity index (χ3n) is 0.295. The molecule has 2 heteroatoms. The minimum absolute atomic E-state index is 1.00. The van der Waals surface area contributed by atoms with Gasteiger partial charge >= 0.3 is 0 Å². The molecule has 1 rings (SSSR count). The summed E-state index contributed by atoms with van der Waals surface area (Å²) in [5.74, 6) is 0. The van der Waals surface area contributed by atoms with E-state index in [0.29, 0.717) is 0 Å². The third kappa shape index (κ3) is 37.3. The van der Waals surface area contributed by atoms with Crippen molar-refractivity contribution in [3.63, 3.8) is 0 Å². The average molecular weight is 97.1 g/mol. The van der Waals surface area contributed by atoms with Crippen LogP contribution in [0.1, 0.15) is 0 Å². The van der Waals surface area contributed by atoms with E-state index in [2.05, 4.69) is 11.3 Å². The fraction of sp³-hybridized carbons (Fsp3) is 0.400. The molecule has 0 N–H and O–H groups in total. The Labute approximate surface area is 43.0 Å². The molecule has 1 aliphatic heterocycles. The Morgan fingerprint density at radius 1 is 1.71 bits per heavy atom. The van der Waals surface area contributed by atoms with Crippen LogP contribution in [-0.4, -0.2) is 13.2 Å². The summed E-state index contributed by atoms with van der Waals surface area (Å²) in [7, 11) is 0. The van der Waals surface area contributed by atoms with Gasteiger partial charge in [-0.25, -0.2) is 0 Å². The Morgan fingerprint density at radius 3 is 2.00 bits per heavy atom. The predicted molar refractivity (Wildman–Crippen MR) is 26.6 cm³/mol. The molecule has 0 bridgehead atoms. The van der Waals surface area contributed by atoms with Crippen LogP contribution in [0.2, 0.25) is 0 Å². The van der Waals surface area contributed by atoms with Crippen molar-refractivity contribution in [2.45, 2.75) is 0 Å². The van der Waals surface area contributed by atoms with E-state index < -0.39 is 0 Å². The lowest BCUT2D eigenvalue weighted by atomic mass is 10.8. The van der Waals surface area contributed by atoms with Gasteiger partial charge in [0.1, 0.15) is 0 Å². The van der Waals surface area contributed by atoms with Crippen molar-refractivity contribution in [3.8, 4) is 6.07 Å². The van der Waals surface area contributed by atoms with Crippen molar-refractivity contribution in [2.24, 2.45) is 0 Å². The van der Waals surface area contributed by atoms with Crippen LogP contribution >= 0.6 is 0 Å². The monoisotopic (exact) mass is 97.1 g/mol. The number of rotatable bonds is 0. The normalized spacial score (nSPS) is 12.4. The average Bonchev–Trinajstić information content (AvgIpc) is 2.47. The Hall–Kier alpha value is -0.810. The van der Waals surface area contributed by atoms with Crippen molar-refractivity contribution in [1.29, 1.82) is 5.26 Å². The van der Waals surface area contributed by atoms with Crippen LogP contribution in [0.15, 0.2) is 12.7 Å². The molecule has 0 saturated carbocycles. The number of nitriles is 1. The van der Waals surface area contributed by atoms with Crippen LogP contribution in [0.5, 0.6) is 0 Å². The van der Waals surface area contributed by atoms with E-state index in [1.165, 1.54) is 6.08 Å². The van der Waals surface area contributed by atoms with Gasteiger partial charge in [0.05, 0.1) is 19.3 Å². The SMILES string of the molecule is C1CO1.C=CC#N. The number of allylic oxidation sites excluding steroid dienone is 1. The Kier molecular flexibility index (Phi) is 4.59. The molecule has 0 aromatic rings. The Bertz CT molecular complexity index is 77.8. The van der Waals surface area contributed by atoms with E-state index in [0.717, 1.165) is 13.2 Å². The summed E-state index contributed by atoms with van der Waals surface area (Å²) in [6.45, 7) is 5.12. The van der Waals surface area contributed by atoms with Gasteiger partial charge in [-0.2, -0.15) is 5.26 Å². The first-order valence-electron chi connectivity index (χ1n) is 2.00. The molecule has 0 aromatic carbocycles. The van der Waals surface area contributed by atoms with E-state index in [9.17, 15) is 0 Å². The topological polar surface area (TPSA) is 36.3 Å². The number of hydrogen-bond donors (Lipinski definition) is 0. The summed E-state index contributed by atoms with van der Waals surface area (Å²) in [5, 5.41) is 7.51. The van der Waals surface area contributed by atoms with Crippen LogP contribution in [0.4, 0.5) is 0 Å². The summed E-state index contributed by atoms with van der Waals surface area (Å²) in [5.41, 5.74) is 0. The highest BCUT2D eigenvalue weighted by Gasteiger charge is 1.94. The lowest BCUT2D eigenvalue weighted by molar-refractivity contribution is 0.475. The van der Waals surface area contributed by atoms with Crippen molar-refractivity contribution < 1.29 is 4.74 Å². The summed E-state index contributed by atoms with van der Waals surface area (Å²) >= 11 is 0. The minimum Gasteiger partial charge on any atom is -0.377 e. The fourth-order valence-corrected chi connectivity index (χ4v) is 0. The summed E-state index contributed by atoms with van der Waals surface area (Å²) in [4.78, 5) is 0. The van der Waals surface area contributed by atoms with Crippen molar-refractivity contribution in [2.75, 3.05) is 13.2 Å². The minimum atomic E-state index is 1.00. The Morgan fingerprint density at radius 2 is 2.00 bits per heavy atom. The zero-order valence-electron chi connectivity index (χ0n) is 4.05. The first kappa shape index (κ1) is 6.19. The highest BCUT2D eigenvalue weighted by molar-refractivity contribution is 4.93. The fourth-order valence-electron chi connectivity index (χ4n) is 0. The molecular formula is C5H7NO. The quantitative estimate of drug-likeness (QED) is 0.329. The maximum atomic E-state index is 7.51. The molecule has 7 heavy (non-hydrogen) atoms. The second kappa shape index (κ2) is 5.19. The molecule has 38 valence electrons. The van der Waals surface area contributed by atoms with Gasteiger partial charge in [0.2, 0.25) is 0 Å². The molecule has 0 aliphatic carbocycles. The van der Waals surface area contributed by atoms with Gasteiger partial charge in [-0.15, -0.1) is 0 Å². The van der Waals surface area contributed by atoms with Gasteiger partial charge in [-0.1, -0.05) is 6.58 Å². The highest BCUT2D eigenvalue weighted by Crippen LogP contribution is 1.84. The molecule has 1 heterocycles. The van der Waals surface area contributed by atoms with Crippen molar-refractivity contribution >= 4 is 0 Å². The molecule has 1 fully saturated rings. The maximum absolute atomic E-state index is 7.51. The van der Waals surface area contributed by atoms with Gasteiger partial charge in [0, 0.05) is 6.08 Å². The van der Waals surface area contributed by atoms with E-state index in [1.54, 1.807) is 6.07 Å². The van der Waals surface area contributed by atoms with Gasteiger partial charge in [-0.3, -0.25) is 0 Å². The van der Waals surface area contributed by atoms with E-state index in [-0.39, 0.29) is 0 Å². The number of ether oxygens (including phenoxy) is 1. The van der Waals surface area contributed by atoms with Crippen LogP contribution in [0.3, 0.4) is 0 Å². The molecule has 0 amide bonds. The standard InChI is InChI=1S/C3H3N.C2H4O/c1-2-3-4;1-2-3-1/h2H,1H2;1-2H2. The number of epoxide rings is 1. The van der Waals surface area contributed by atoms with Crippen LogP contribution in [-0.2, 0) is 4.74 Å². The molecular weight excluding hydrogens is 90.1 g/mol. The van der Waals surface area contributed by atoms with E-state index in [1.807, 2.05) is 0 Å². The Balaban J connectivity index is 0.000000105. The lowest BCUT2D eigenvalue weighted by Crippen LogP contribution is -1.23. The van der Waals surface area contributed by atoms with Gasteiger partial charge in [0.15, 0.2) is 0 Å². The molecule has 0 spiro atoms.